The second-order valence-corrected chi connectivity index (χ2v) is 6.88. The zero-order valence-corrected chi connectivity index (χ0v) is 21.5. The SMILES string of the molecule is COc1cc(OCc2ccccc2)cc(SC2C[C@@H](C)[CH-]O2)c1.[Cs+]. The molecule has 24 heavy (non-hydrogen) atoms. The second-order valence-electron chi connectivity index (χ2n) is 5.65. The predicted octanol–water partition coefficient (Wildman–Crippen LogP) is 1.91. The fourth-order valence-electron chi connectivity index (χ4n) is 2.42. The molecule has 0 radical (unpaired) electrons. The number of benzene rings is 2. The van der Waals surface area contributed by atoms with Crippen LogP contribution in [0.1, 0.15) is 18.9 Å². The second kappa shape index (κ2) is 10.5. The monoisotopic (exact) mass is 462 g/mol. The van der Waals surface area contributed by atoms with Crippen molar-refractivity contribution < 1.29 is 83.1 Å². The van der Waals surface area contributed by atoms with Crippen LogP contribution in [0.25, 0.3) is 0 Å². The van der Waals surface area contributed by atoms with Gasteiger partial charge in [-0.3, -0.25) is 0 Å². The molecule has 0 saturated carbocycles. The van der Waals surface area contributed by atoms with Crippen molar-refractivity contribution in [2.75, 3.05) is 7.11 Å². The van der Waals surface area contributed by atoms with E-state index in [0.717, 1.165) is 28.4 Å². The van der Waals surface area contributed by atoms with E-state index in [9.17, 15) is 0 Å². The Labute approximate surface area is 207 Å². The Morgan fingerprint density at radius 3 is 2.58 bits per heavy atom. The van der Waals surface area contributed by atoms with Crippen molar-refractivity contribution in [3.63, 3.8) is 0 Å². The first-order valence-electron chi connectivity index (χ1n) is 7.74. The maximum atomic E-state index is 5.92. The molecule has 0 aliphatic carbocycles. The number of rotatable bonds is 6. The third-order valence-corrected chi connectivity index (χ3v) is 4.71. The summed E-state index contributed by atoms with van der Waals surface area (Å²) in [5, 5.41) is 0. The Bertz CT molecular complexity index is 636. The van der Waals surface area contributed by atoms with Crippen molar-refractivity contribution in [1.82, 2.24) is 0 Å². The average Bonchev–Trinajstić information content (AvgIpc) is 2.98. The van der Waals surface area contributed by atoms with E-state index < -0.39 is 0 Å². The summed E-state index contributed by atoms with van der Waals surface area (Å²) in [7, 11) is 1.67. The molecule has 5 heteroatoms. The van der Waals surface area contributed by atoms with Gasteiger partial charge in [0.15, 0.2) is 0 Å². The molecule has 0 amide bonds. The van der Waals surface area contributed by atoms with Gasteiger partial charge in [-0.25, -0.2) is 6.61 Å². The Morgan fingerprint density at radius 2 is 1.92 bits per heavy atom. The smallest absolute Gasteiger partial charge is 0.542 e. The Morgan fingerprint density at radius 1 is 1.17 bits per heavy atom. The molecule has 1 aliphatic heterocycles. The average molecular weight is 462 g/mol. The number of ether oxygens (including phenoxy) is 3. The summed E-state index contributed by atoms with van der Waals surface area (Å²) in [6.45, 7) is 4.63. The first-order valence-corrected chi connectivity index (χ1v) is 8.62. The van der Waals surface area contributed by atoms with Gasteiger partial charge in [-0.05, 0) is 24.1 Å². The van der Waals surface area contributed by atoms with Crippen molar-refractivity contribution in [2.45, 2.75) is 30.3 Å². The van der Waals surface area contributed by atoms with Gasteiger partial charge in [-0.15, -0.1) is 5.92 Å². The quantitative estimate of drug-likeness (QED) is 0.614. The minimum absolute atomic E-state index is 0. The first kappa shape index (κ1) is 20.7. The van der Waals surface area contributed by atoms with Crippen LogP contribution in [0.5, 0.6) is 11.5 Å². The van der Waals surface area contributed by atoms with Gasteiger partial charge in [0, 0.05) is 11.0 Å². The van der Waals surface area contributed by atoms with E-state index in [1.165, 1.54) is 0 Å². The molecule has 1 heterocycles. The van der Waals surface area contributed by atoms with Crippen LogP contribution in [0.4, 0.5) is 0 Å². The minimum Gasteiger partial charge on any atom is -0.542 e. The van der Waals surface area contributed by atoms with E-state index in [2.05, 4.69) is 19.1 Å². The summed E-state index contributed by atoms with van der Waals surface area (Å²) in [5.41, 5.74) is 1.31. The maximum Gasteiger partial charge on any atom is 1.00 e. The largest absolute Gasteiger partial charge is 1.00 e. The molecular formula is C19H21CsO3S. The molecule has 1 unspecified atom stereocenters. The molecule has 2 aromatic carbocycles. The zero-order chi connectivity index (χ0) is 16.1. The molecule has 2 atom stereocenters. The topological polar surface area (TPSA) is 27.7 Å². The Hall–Kier alpha value is 0.402. The molecule has 0 N–H and O–H groups in total. The van der Waals surface area contributed by atoms with E-state index in [4.69, 9.17) is 14.2 Å². The summed E-state index contributed by atoms with van der Waals surface area (Å²) < 4.78 is 17.0. The van der Waals surface area contributed by atoms with Gasteiger partial charge in [0.2, 0.25) is 0 Å². The van der Waals surface area contributed by atoms with Gasteiger partial charge in [-0.2, -0.15) is 0 Å². The van der Waals surface area contributed by atoms with E-state index in [0.29, 0.717) is 12.5 Å². The van der Waals surface area contributed by atoms with Crippen LogP contribution in [0.15, 0.2) is 53.4 Å². The molecule has 1 fully saturated rings. The number of hydrogen-bond donors (Lipinski definition) is 0. The fourth-order valence-corrected chi connectivity index (χ4v) is 3.61. The van der Waals surface area contributed by atoms with E-state index in [1.807, 2.05) is 43.0 Å². The van der Waals surface area contributed by atoms with Crippen molar-refractivity contribution in [3.05, 3.63) is 60.7 Å². The number of hydrogen-bond acceptors (Lipinski definition) is 4. The molecule has 0 spiro atoms. The van der Waals surface area contributed by atoms with Crippen LogP contribution in [-0.4, -0.2) is 12.5 Å². The third-order valence-electron chi connectivity index (χ3n) is 3.63. The molecule has 3 rings (SSSR count). The van der Waals surface area contributed by atoms with E-state index >= 15 is 0 Å². The summed E-state index contributed by atoms with van der Waals surface area (Å²) in [6.07, 6.45) is 1.03. The predicted molar refractivity (Wildman–Crippen MR) is 92.6 cm³/mol. The third kappa shape index (κ3) is 6.29. The van der Waals surface area contributed by atoms with Crippen molar-refractivity contribution in [1.29, 1.82) is 0 Å². The van der Waals surface area contributed by atoms with Gasteiger partial charge < -0.3 is 14.2 Å². The fraction of sp³-hybridized carbons (Fsp3) is 0.316. The number of methoxy groups -OCH3 is 1. The molecular weight excluding hydrogens is 441 g/mol. The molecule has 0 bridgehead atoms. The molecule has 122 valence electrons. The van der Waals surface area contributed by atoms with Crippen molar-refractivity contribution in [2.24, 2.45) is 5.92 Å². The van der Waals surface area contributed by atoms with Crippen molar-refractivity contribution in [3.8, 4) is 11.5 Å². The van der Waals surface area contributed by atoms with Crippen LogP contribution in [0.3, 0.4) is 0 Å². The summed E-state index contributed by atoms with van der Waals surface area (Å²) in [6, 6.07) is 16.1. The van der Waals surface area contributed by atoms with Gasteiger partial charge in [0.25, 0.3) is 0 Å². The molecule has 2 aromatic rings. The first-order chi connectivity index (χ1) is 11.2. The molecule has 1 saturated heterocycles. The normalized spacial score (nSPS) is 19.6. The summed E-state index contributed by atoms with van der Waals surface area (Å²) in [4.78, 5) is 1.10. The van der Waals surface area contributed by atoms with Gasteiger partial charge >= 0.3 is 68.9 Å². The van der Waals surface area contributed by atoms with Crippen LogP contribution in [0.2, 0.25) is 0 Å². The number of thioether (sulfide) groups is 1. The maximum absolute atomic E-state index is 5.92. The molecule has 3 nitrogen and oxygen atoms in total. The van der Waals surface area contributed by atoms with Crippen molar-refractivity contribution >= 4 is 11.8 Å². The van der Waals surface area contributed by atoms with Crippen LogP contribution < -0.4 is 78.4 Å². The molecule has 0 aromatic heterocycles. The van der Waals surface area contributed by atoms with Gasteiger partial charge in [0.05, 0.1) is 12.5 Å². The van der Waals surface area contributed by atoms with E-state index in [1.54, 1.807) is 18.9 Å². The van der Waals surface area contributed by atoms with Crippen LogP contribution in [0, 0.1) is 12.5 Å². The molecule has 1 aliphatic rings. The zero-order valence-electron chi connectivity index (χ0n) is 14.4. The summed E-state index contributed by atoms with van der Waals surface area (Å²) in [5.74, 6) is 2.12. The minimum atomic E-state index is 0. The van der Waals surface area contributed by atoms with Crippen LogP contribution in [-0.2, 0) is 11.3 Å². The van der Waals surface area contributed by atoms with E-state index in [-0.39, 0.29) is 74.3 Å². The summed E-state index contributed by atoms with van der Waals surface area (Å²) >= 11 is 1.71. The van der Waals surface area contributed by atoms with Crippen LogP contribution >= 0.6 is 11.8 Å². The Balaban J connectivity index is 0.00000208. The standard InChI is InChI=1S/C19H21O3S.Cs/c1-14-8-19(22-12-14)23-18-10-16(20-2)9-17(11-18)21-13-15-6-4-3-5-7-15;/h3-7,9-12,14,19H,8,13H2,1-2H3;/q-1;+1/t14-,19?;/m1./s1. The van der Waals surface area contributed by atoms with Gasteiger partial charge in [0.1, 0.15) is 18.1 Å². The Kier molecular flexibility index (Phi) is 9.08. The van der Waals surface area contributed by atoms with Gasteiger partial charge in [-0.1, -0.05) is 49.0 Å².